The van der Waals surface area contributed by atoms with Crippen molar-refractivity contribution < 1.29 is 9.53 Å². The van der Waals surface area contributed by atoms with Crippen LogP contribution in [-0.2, 0) is 26.0 Å². The van der Waals surface area contributed by atoms with Crippen LogP contribution in [0.3, 0.4) is 0 Å². The predicted octanol–water partition coefficient (Wildman–Crippen LogP) is 4.59. The van der Waals surface area contributed by atoms with Crippen molar-refractivity contribution in [1.29, 1.82) is 0 Å². The number of aromatic nitrogens is 2. The van der Waals surface area contributed by atoms with Gasteiger partial charge in [0, 0.05) is 18.3 Å². The number of aryl methyl sites for hydroxylation is 4. The first-order valence-corrected chi connectivity index (χ1v) is 10.2. The molecule has 0 saturated heterocycles. The van der Waals surface area contributed by atoms with Crippen LogP contribution >= 0.6 is 11.3 Å². The number of carbonyl (C=O) groups is 1. The summed E-state index contributed by atoms with van der Waals surface area (Å²) >= 11 is 1.43. The zero-order valence-electron chi connectivity index (χ0n) is 15.6. The SMILES string of the molecule is CCn1cc(NC(=O)c2cc(COc3ccc4c(c3)CCC4)cs2)c(C)n1. The Balaban J connectivity index is 1.37. The van der Waals surface area contributed by atoms with E-state index >= 15 is 0 Å². The van der Waals surface area contributed by atoms with Crippen LogP contribution in [0, 0.1) is 6.92 Å². The van der Waals surface area contributed by atoms with Gasteiger partial charge in [0.15, 0.2) is 0 Å². The Morgan fingerprint density at radius 2 is 2.15 bits per heavy atom. The number of fused-ring (bicyclic) bond motifs is 1. The van der Waals surface area contributed by atoms with Gasteiger partial charge in [-0.2, -0.15) is 5.10 Å². The molecule has 4 rings (SSSR count). The lowest BCUT2D eigenvalue weighted by molar-refractivity contribution is 0.103. The number of hydrogen-bond donors (Lipinski definition) is 1. The fraction of sp³-hybridized carbons (Fsp3) is 0.333. The summed E-state index contributed by atoms with van der Waals surface area (Å²) in [4.78, 5) is 13.2. The van der Waals surface area contributed by atoms with Crippen molar-refractivity contribution in [3.8, 4) is 5.75 Å². The van der Waals surface area contributed by atoms with Crippen LogP contribution in [0.15, 0.2) is 35.8 Å². The van der Waals surface area contributed by atoms with E-state index in [1.54, 1.807) is 0 Å². The van der Waals surface area contributed by atoms with E-state index in [0.717, 1.165) is 35.7 Å². The van der Waals surface area contributed by atoms with Gasteiger partial charge in [-0.1, -0.05) is 6.07 Å². The zero-order valence-corrected chi connectivity index (χ0v) is 16.4. The zero-order chi connectivity index (χ0) is 18.8. The van der Waals surface area contributed by atoms with Gasteiger partial charge >= 0.3 is 0 Å². The van der Waals surface area contributed by atoms with E-state index in [0.29, 0.717) is 11.5 Å². The highest BCUT2D eigenvalue weighted by atomic mass is 32.1. The summed E-state index contributed by atoms with van der Waals surface area (Å²) in [6.07, 6.45) is 5.41. The number of amides is 1. The van der Waals surface area contributed by atoms with Gasteiger partial charge in [-0.3, -0.25) is 9.48 Å². The Morgan fingerprint density at radius 1 is 1.30 bits per heavy atom. The van der Waals surface area contributed by atoms with Crippen molar-refractivity contribution in [2.24, 2.45) is 0 Å². The number of benzene rings is 1. The molecule has 1 aliphatic carbocycles. The molecular formula is C21H23N3O2S. The molecule has 5 nitrogen and oxygen atoms in total. The van der Waals surface area contributed by atoms with Gasteiger partial charge in [-0.05, 0) is 67.8 Å². The highest BCUT2D eigenvalue weighted by molar-refractivity contribution is 7.12. The average molecular weight is 382 g/mol. The third-order valence-corrected chi connectivity index (χ3v) is 5.85. The van der Waals surface area contributed by atoms with Crippen LogP contribution in [0.4, 0.5) is 5.69 Å². The molecule has 0 atom stereocenters. The summed E-state index contributed by atoms with van der Waals surface area (Å²) in [5.41, 5.74) is 5.43. The number of thiophene rings is 1. The minimum absolute atomic E-state index is 0.109. The number of anilines is 1. The van der Waals surface area contributed by atoms with Crippen LogP contribution in [0.1, 0.15) is 45.4 Å². The van der Waals surface area contributed by atoms with Gasteiger partial charge in [0.1, 0.15) is 12.4 Å². The molecule has 140 valence electrons. The lowest BCUT2D eigenvalue weighted by atomic mass is 10.1. The molecule has 1 aromatic carbocycles. The number of ether oxygens (including phenoxy) is 1. The summed E-state index contributed by atoms with van der Waals surface area (Å²) in [5, 5.41) is 9.27. The number of carbonyl (C=O) groups excluding carboxylic acids is 1. The largest absolute Gasteiger partial charge is 0.489 e. The van der Waals surface area contributed by atoms with Crippen LogP contribution in [-0.4, -0.2) is 15.7 Å². The first-order valence-electron chi connectivity index (χ1n) is 9.30. The number of hydrogen-bond acceptors (Lipinski definition) is 4. The Hall–Kier alpha value is -2.60. The van der Waals surface area contributed by atoms with Crippen molar-refractivity contribution >= 4 is 22.9 Å². The Labute approximate surface area is 163 Å². The molecule has 0 radical (unpaired) electrons. The first kappa shape index (κ1) is 17.8. The Morgan fingerprint density at radius 3 is 2.96 bits per heavy atom. The molecule has 6 heteroatoms. The fourth-order valence-corrected chi connectivity index (χ4v) is 4.15. The maximum absolute atomic E-state index is 12.5. The second-order valence-electron chi connectivity index (χ2n) is 6.83. The average Bonchev–Trinajstić information content (AvgIpc) is 3.39. The summed E-state index contributed by atoms with van der Waals surface area (Å²) in [6.45, 7) is 5.16. The predicted molar refractivity (Wildman–Crippen MR) is 108 cm³/mol. The summed E-state index contributed by atoms with van der Waals surface area (Å²) < 4.78 is 7.74. The molecule has 0 spiro atoms. The maximum atomic E-state index is 12.5. The molecule has 0 saturated carbocycles. The Bertz CT molecular complexity index is 974. The van der Waals surface area contributed by atoms with Crippen LogP contribution < -0.4 is 10.1 Å². The van der Waals surface area contributed by atoms with E-state index in [2.05, 4.69) is 22.5 Å². The maximum Gasteiger partial charge on any atom is 0.265 e. The lowest BCUT2D eigenvalue weighted by Crippen LogP contribution is -2.10. The van der Waals surface area contributed by atoms with Crippen LogP contribution in [0.5, 0.6) is 5.75 Å². The van der Waals surface area contributed by atoms with Crippen molar-refractivity contribution in [2.75, 3.05) is 5.32 Å². The molecule has 1 amide bonds. The van der Waals surface area contributed by atoms with Crippen LogP contribution in [0.2, 0.25) is 0 Å². The molecule has 1 N–H and O–H groups in total. The molecule has 0 unspecified atom stereocenters. The molecule has 27 heavy (non-hydrogen) atoms. The smallest absolute Gasteiger partial charge is 0.265 e. The molecule has 2 heterocycles. The van der Waals surface area contributed by atoms with E-state index in [9.17, 15) is 4.79 Å². The molecule has 0 fully saturated rings. The van der Waals surface area contributed by atoms with E-state index in [1.807, 2.05) is 42.2 Å². The van der Waals surface area contributed by atoms with Crippen molar-refractivity contribution in [3.63, 3.8) is 0 Å². The number of nitrogens with one attached hydrogen (secondary N) is 1. The lowest BCUT2D eigenvalue weighted by Gasteiger charge is -2.07. The third kappa shape index (κ3) is 3.90. The summed E-state index contributed by atoms with van der Waals surface area (Å²) in [6, 6.07) is 8.25. The molecule has 0 bridgehead atoms. The fourth-order valence-electron chi connectivity index (χ4n) is 3.36. The molecule has 1 aliphatic rings. The van der Waals surface area contributed by atoms with E-state index < -0.39 is 0 Å². The van der Waals surface area contributed by atoms with E-state index in [4.69, 9.17) is 4.74 Å². The quantitative estimate of drug-likeness (QED) is 0.679. The third-order valence-electron chi connectivity index (χ3n) is 4.87. The second-order valence-corrected chi connectivity index (χ2v) is 7.74. The first-order chi connectivity index (χ1) is 13.1. The molecular weight excluding hydrogens is 358 g/mol. The topological polar surface area (TPSA) is 56.2 Å². The summed E-state index contributed by atoms with van der Waals surface area (Å²) in [7, 11) is 0. The second kappa shape index (κ2) is 7.56. The Kier molecular flexibility index (Phi) is 4.99. The highest BCUT2D eigenvalue weighted by Gasteiger charge is 2.14. The van der Waals surface area contributed by atoms with Gasteiger partial charge < -0.3 is 10.1 Å². The van der Waals surface area contributed by atoms with Gasteiger partial charge in [0.05, 0.1) is 16.3 Å². The van der Waals surface area contributed by atoms with Crippen molar-refractivity contribution in [2.45, 2.75) is 46.3 Å². The number of rotatable bonds is 6. The molecule has 0 aliphatic heterocycles. The summed E-state index contributed by atoms with van der Waals surface area (Å²) in [5.74, 6) is 0.790. The van der Waals surface area contributed by atoms with Crippen molar-refractivity contribution in [3.05, 3.63) is 63.1 Å². The monoisotopic (exact) mass is 381 g/mol. The van der Waals surface area contributed by atoms with Crippen molar-refractivity contribution in [1.82, 2.24) is 9.78 Å². The van der Waals surface area contributed by atoms with Gasteiger partial charge in [-0.25, -0.2) is 0 Å². The highest BCUT2D eigenvalue weighted by Crippen LogP contribution is 2.27. The standard InChI is InChI=1S/C21H23N3O2S/c1-3-24-11-19(14(2)23-24)22-21(25)20-9-15(13-27-20)12-26-18-8-7-16-5-4-6-17(16)10-18/h7-11,13H,3-6,12H2,1-2H3,(H,22,25). The normalized spacial score (nSPS) is 12.8. The van der Waals surface area contributed by atoms with Gasteiger partial charge in [-0.15, -0.1) is 11.3 Å². The van der Waals surface area contributed by atoms with Gasteiger partial charge in [0.2, 0.25) is 0 Å². The minimum Gasteiger partial charge on any atom is -0.489 e. The minimum atomic E-state index is -0.109. The number of nitrogens with zero attached hydrogens (tertiary/aromatic N) is 2. The van der Waals surface area contributed by atoms with E-state index in [-0.39, 0.29) is 5.91 Å². The van der Waals surface area contributed by atoms with E-state index in [1.165, 1.54) is 35.3 Å². The molecule has 3 aromatic rings. The molecule has 2 aromatic heterocycles. The van der Waals surface area contributed by atoms with Gasteiger partial charge in [0.25, 0.3) is 5.91 Å². The van der Waals surface area contributed by atoms with Crippen LogP contribution in [0.25, 0.3) is 0 Å².